The minimum absolute atomic E-state index is 0.0000839. The third-order valence-electron chi connectivity index (χ3n) is 5.75. The Morgan fingerprint density at radius 2 is 1.72 bits per heavy atom. The number of rotatable bonds is 6. The fourth-order valence-corrected chi connectivity index (χ4v) is 4.34. The minimum Gasteiger partial charge on any atom is -0.353 e. The molecule has 8 heteroatoms. The van der Waals surface area contributed by atoms with E-state index >= 15 is 0 Å². The number of aryl methyl sites for hydroxylation is 1. The molecule has 32 heavy (non-hydrogen) atoms. The minimum atomic E-state index is -0.612. The van der Waals surface area contributed by atoms with E-state index in [1.165, 1.54) is 12.8 Å². The molecule has 2 aromatic rings. The topological polar surface area (TPSA) is 78.5 Å². The van der Waals surface area contributed by atoms with E-state index in [0.717, 1.165) is 28.9 Å². The number of hydrogen-bond donors (Lipinski definition) is 2. The average molecular weight is 472 g/mol. The molecule has 0 spiro atoms. The Hall–Kier alpha value is -2.83. The van der Waals surface area contributed by atoms with Crippen molar-refractivity contribution in [1.82, 2.24) is 5.32 Å². The zero-order valence-electron chi connectivity index (χ0n) is 17.6. The van der Waals surface area contributed by atoms with Gasteiger partial charge in [-0.3, -0.25) is 14.4 Å². The van der Waals surface area contributed by atoms with E-state index in [9.17, 15) is 14.4 Å². The predicted octanol–water partition coefficient (Wildman–Crippen LogP) is 4.69. The van der Waals surface area contributed by atoms with Gasteiger partial charge in [0.2, 0.25) is 5.91 Å². The van der Waals surface area contributed by atoms with Gasteiger partial charge in [0.05, 0.1) is 12.1 Å². The summed E-state index contributed by atoms with van der Waals surface area (Å²) in [6.45, 7) is 1.83. The number of hydrogen-bond acceptors (Lipinski definition) is 4. The van der Waals surface area contributed by atoms with Crippen LogP contribution >= 0.6 is 23.2 Å². The van der Waals surface area contributed by atoms with Crippen molar-refractivity contribution in [1.29, 1.82) is 0 Å². The maximum atomic E-state index is 12.9. The van der Waals surface area contributed by atoms with Crippen LogP contribution in [-0.4, -0.2) is 23.8 Å². The van der Waals surface area contributed by atoms with Crippen LogP contribution in [0.5, 0.6) is 0 Å². The van der Waals surface area contributed by atoms with Gasteiger partial charge in [-0.15, -0.1) is 0 Å². The summed E-state index contributed by atoms with van der Waals surface area (Å²) in [4.78, 5) is 38.7. The van der Waals surface area contributed by atoms with Gasteiger partial charge in [0, 0.05) is 16.8 Å². The second kappa shape index (κ2) is 9.35. The summed E-state index contributed by atoms with van der Waals surface area (Å²) in [6.07, 6.45) is 4.71. The van der Waals surface area contributed by atoms with Gasteiger partial charge in [-0.2, -0.15) is 0 Å². The first-order chi connectivity index (χ1) is 15.3. The number of imide groups is 1. The van der Waals surface area contributed by atoms with Crippen LogP contribution in [0.25, 0.3) is 0 Å². The standard InChI is InChI=1S/C24H23Cl2N3O3/c1-14-6-11-18(13-19(14)25)29-23(31)21(26)22(24(29)32)28-17-9-7-15(8-10-17)12-20(30)27-16-4-2-3-5-16/h6-11,13,16,28H,2-5,12H2,1H3,(H,27,30). The molecule has 3 amide bonds. The van der Waals surface area contributed by atoms with Crippen molar-refractivity contribution in [2.45, 2.75) is 45.1 Å². The van der Waals surface area contributed by atoms with Crippen molar-refractivity contribution in [3.63, 3.8) is 0 Å². The van der Waals surface area contributed by atoms with E-state index in [0.29, 0.717) is 22.8 Å². The van der Waals surface area contributed by atoms with Crippen LogP contribution in [0.1, 0.15) is 36.8 Å². The van der Waals surface area contributed by atoms with Gasteiger partial charge >= 0.3 is 0 Å². The molecule has 2 N–H and O–H groups in total. The van der Waals surface area contributed by atoms with Crippen molar-refractivity contribution in [2.75, 3.05) is 10.2 Å². The van der Waals surface area contributed by atoms with Gasteiger partial charge in [0.1, 0.15) is 10.7 Å². The van der Waals surface area contributed by atoms with E-state index in [-0.39, 0.29) is 22.7 Å². The highest BCUT2D eigenvalue weighted by Crippen LogP contribution is 2.32. The van der Waals surface area contributed by atoms with Crippen molar-refractivity contribution in [3.8, 4) is 0 Å². The fourth-order valence-electron chi connectivity index (χ4n) is 3.95. The lowest BCUT2D eigenvalue weighted by Gasteiger charge is -2.16. The molecule has 2 aliphatic rings. The molecule has 0 atom stereocenters. The molecule has 0 saturated heterocycles. The number of carbonyl (C=O) groups is 3. The third kappa shape index (κ3) is 4.66. The first kappa shape index (κ1) is 22.4. The average Bonchev–Trinajstić information content (AvgIpc) is 3.34. The second-order valence-electron chi connectivity index (χ2n) is 8.12. The molecular weight excluding hydrogens is 449 g/mol. The normalized spacial score (nSPS) is 16.8. The SMILES string of the molecule is Cc1ccc(N2C(=O)C(Cl)=C(Nc3ccc(CC(=O)NC4CCCC4)cc3)C2=O)cc1Cl. The molecule has 1 aliphatic carbocycles. The van der Waals surface area contributed by atoms with Crippen LogP contribution < -0.4 is 15.5 Å². The highest BCUT2D eigenvalue weighted by molar-refractivity contribution is 6.53. The Labute approximate surface area is 196 Å². The molecule has 1 saturated carbocycles. The Kier molecular flexibility index (Phi) is 6.53. The van der Waals surface area contributed by atoms with Crippen molar-refractivity contribution in [2.24, 2.45) is 0 Å². The lowest BCUT2D eigenvalue weighted by atomic mass is 10.1. The Bertz CT molecular complexity index is 1110. The zero-order valence-corrected chi connectivity index (χ0v) is 19.1. The molecule has 1 aliphatic heterocycles. The zero-order chi connectivity index (χ0) is 22.8. The molecule has 4 rings (SSSR count). The van der Waals surface area contributed by atoms with E-state index in [4.69, 9.17) is 23.2 Å². The number of benzene rings is 2. The lowest BCUT2D eigenvalue weighted by Crippen LogP contribution is -2.33. The van der Waals surface area contributed by atoms with Crippen LogP contribution in [0.3, 0.4) is 0 Å². The summed E-state index contributed by atoms with van der Waals surface area (Å²) in [5.41, 5.74) is 2.64. The van der Waals surface area contributed by atoms with Crippen molar-refractivity contribution >= 4 is 52.3 Å². The summed E-state index contributed by atoms with van der Waals surface area (Å²) >= 11 is 12.3. The number of anilines is 2. The maximum Gasteiger partial charge on any atom is 0.283 e. The van der Waals surface area contributed by atoms with E-state index in [2.05, 4.69) is 10.6 Å². The van der Waals surface area contributed by atoms with Gasteiger partial charge in [-0.05, 0) is 55.2 Å². The molecule has 1 fully saturated rings. The molecule has 166 valence electrons. The predicted molar refractivity (Wildman–Crippen MR) is 126 cm³/mol. The van der Waals surface area contributed by atoms with Crippen LogP contribution in [0.15, 0.2) is 53.2 Å². The number of nitrogens with zero attached hydrogens (tertiary/aromatic N) is 1. The Balaban J connectivity index is 1.42. The monoisotopic (exact) mass is 471 g/mol. The van der Waals surface area contributed by atoms with E-state index in [1.54, 1.807) is 30.3 Å². The maximum absolute atomic E-state index is 12.9. The van der Waals surface area contributed by atoms with E-state index in [1.807, 2.05) is 19.1 Å². The Morgan fingerprint density at radius 1 is 1.03 bits per heavy atom. The lowest BCUT2D eigenvalue weighted by molar-refractivity contribution is -0.122. The van der Waals surface area contributed by atoms with Gasteiger partial charge < -0.3 is 10.6 Å². The fraction of sp³-hybridized carbons (Fsp3) is 0.292. The summed E-state index contributed by atoms with van der Waals surface area (Å²) in [6, 6.07) is 12.3. The van der Waals surface area contributed by atoms with Crippen LogP contribution in [0.4, 0.5) is 11.4 Å². The molecule has 0 radical (unpaired) electrons. The highest BCUT2D eigenvalue weighted by atomic mass is 35.5. The van der Waals surface area contributed by atoms with Crippen LogP contribution in [-0.2, 0) is 20.8 Å². The first-order valence-corrected chi connectivity index (χ1v) is 11.3. The van der Waals surface area contributed by atoms with Gasteiger partial charge in [0.15, 0.2) is 0 Å². The number of halogens is 2. The smallest absolute Gasteiger partial charge is 0.283 e. The van der Waals surface area contributed by atoms with E-state index < -0.39 is 11.8 Å². The molecular formula is C24H23Cl2N3O3. The van der Waals surface area contributed by atoms with Gasteiger partial charge in [-0.1, -0.05) is 54.2 Å². The van der Waals surface area contributed by atoms with Crippen molar-refractivity contribution < 1.29 is 14.4 Å². The van der Waals surface area contributed by atoms with Gasteiger partial charge in [0.25, 0.3) is 11.8 Å². The molecule has 2 aromatic carbocycles. The number of amides is 3. The molecule has 6 nitrogen and oxygen atoms in total. The molecule has 0 bridgehead atoms. The number of carbonyl (C=O) groups excluding carboxylic acids is 3. The molecule has 0 aromatic heterocycles. The summed E-state index contributed by atoms with van der Waals surface area (Å²) in [5, 5.41) is 6.27. The summed E-state index contributed by atoms with van der Waals surface area (Å²) in [7, 11) is 0. The number of nitrogens with one attached hydrogen (secondary N) is 2. The quantitative estimate of drug-likeness (QED) is 0.599. The van der Waals surface area contributed by atoms with Crippen LogP contribution in [0, 0.1) is 6.92 Å². The molecule has 0 unspecified atom stereocenters. The second-order valence-corrected chi connectivity index (χ2v) is 8.90. The van der Waals surface area contributed by atoms with Crippen LogP contribution in [0.2, 0.25) is 5.02 Å². The summed E-state index contributed by atoms with van der Waals surface area (Å²) < 4.78 is 0. The summed E-state index contributed by atoms with van der Waals surface area (Å²) in [5.74, 6) is -1.16. The largest absolute Gasteiger partial charge is 0.353 e. The van der Waals surface area contributed by atoms with Crippen molar-refractivity contribution in [3.05, 3.63) is 69.3 Å². The molecule has 1 heterocycles. The first-order valence-electron chi connectivity index (χ1n) is 10.5. The van der Waals surface area contributed by atoms with Gasteiger partial charge in [-0.25, -0.2) is 4.90 Å². The Morgan fingerprint density at radius 3 is 2.38 bits per heavy atom. The third-order valence-corrected chi connectivity index (χ3v) is 6.51. The highest BCUT2D eigenvalue weighted by Gasteiger charge is 2.39.